The summed E-state index contributed by atoms with van der Waals surface area (Å²) in [6.07, 6.45) is -9.14. The Labute approximate surface area is 293 Å². The average molecular weight is 787 g/mol. The SMILES string of the molecule is N=C(N)c1ccc2cc(OC(=O)c3ccc(CN4CCCC4C(=O)N[C@@H](CS(=O)(=O)O)C(=O)O)o3)ccc2c1.O=C(O)C(F)(F)F.O=C(O)C(F)(F)F. The van der Waals surface area contributed by atoms with E-state index in [2.05, 4.69) is 5.32 Å². The number of carboxylic acid groups (broad SMARTS) is 3. The second-order valence-corrected chi connectivity index (χ2v) is 12.2. The van der Waals surface area contributed by atoms with Gasteiger partial charge in [0.1, 0.15) is 29.1 Å². The van der Waals surface area contributed by atoms with Gasteiger partial charge in [0, 0.05) is 5.56 Å². The molecule has 0 bridgehead atoms. The minimum absolute atomic E-state index is 0.0523. The van der Waals surface area contributed by atoms with E-state index in [0.29, 0.717) is 30.7 Å². The number of rotatable bonds is 10. The molecule has 0 radical (unpaired) electrons. The first kappa shape index (κ1) is 43.4. The van der Waals surface area contributed by atoms with E-state index in [1.54, 1.807) is 47.4 Å². The molecule has 1 aliphatic heterocycles. The van der Waals surface area contributed by atoms with Gasteiger partial charge in [-0.15, -0.1) is 0 Å². The number of esters is 1. The van der Waals surface area contributed by atoms with Crippen LogP contribution in [0, 0.1) is 5.41 Å². The smallest absolute Gasteiger partial charge is 0.480 e. The quantitative estimate of drug-likeness (QED) is 0.0388. The number of hydrogen-bond acceptors (Lipinski definition) is 11. The van der Waals surface area contributed by atoms with E-state index in [0.717, 1.165) is 10.8 Å². The van der Waals surface area contributed by atoms with Crippen molar-refractivity contribution in [1.82, 2.24) is 10.2 Å². The summed E-state index contributed by atoms with van der Waals surface area (Å²) in [5.41, 5.74) is 6.10. The number of alkyl halides is 6. The van der Waals surface area contributed by atoms with Gasteiger partial charge < -0.3 is 35.5 Å². The number of ether oxygens (including phenoxy) is 1. The molecule has 8 N–H and O–H groups in total. The summed E-state index contributed by atoms with van der Waals surface area (Å²) >= 11 is 0. The maximum absolute atomic E-state index is 12.7. The zero-order valence-corrected chi connectivity index (χ0v) is 27.3. The number of nitrogen functional groups attached to an aromatic ring is 1. The summed E-state index contributed by atoms with van der Waals surface area (Å²) in [6, 6.07) is 10.7. The molecule has 0 spiro atoms. The van der Waals surface area contributed by atoms with Crippen molar-refractivity contribution in [2.75, 3.05) is 12.3 Å². The number of furan rings is 1. The summed E-state index contributed by atoms with van der Waals surface area (Å²) in [4.78, 5) is 56.2. The van der Waals surface area contributed by atoms with Gasteiger partial charge >= 0.3 is 36.2 Å². The minimum Gasteiger partial charge on any atom is -0.480 e. The first-order valence-electron chi connectivity index (χ1n) is 14.3. The topological polar surface area (TPSA) is 288 Å². The predicted octanol–water partition coefficient (Wildman–Crippen LogP) is 2.62. The fourth-order valence-electron chi connectivity index (χ4n) is 4.35. The van der Waals surface area contributed by atoms with E-state index in [4.69, 9.17) is 44.7 Å². The van der Waals surface area contributed by atoms with E-state index >= 15 is 0 Å². The van der Waals surface area contributed by atoms with Crippen LogP contribution in [0.2, 0.25) is 0 Å². The van der Waals surface area contributed by atoms with Crippen LogP contribution in [0.15, 0.2) is 52.9 Å². The number of likely N-dealkylation sites (tertiary alicyclic amines) is 1. The van der Waals surface area contributed by atoms with Crippen LogP contribution in [0.3, 0.4) is 0 Å². The molecule has 1 aromatic heterocycles. The summed E-state index contributed by atoms with van der Waals surface area (Å²) in [6.45, 7) is 0.618. The number of aliphatic carboxylic acids is 3. The molecule has 1 aliphatic rings. The van der Waals surface area contributed by atoms with Crippen molar-refractivity contribution < 1.29 is 87.8 Å². The first-order chi connectivity index (χ1) is 24.3. The molecule has 0 saturated carbocycles. The second kappa shape index (κ2) is 17.6. The summed E-state index contributed by atoms with van der Waals surface area (Å²) < 4.78 is 106. The van der Waals surface area contributed by atoms with Gasteiger partial charge in [0.15, 0.2) is 0 Å². The van der Waals surface area contributed by atoms with Gasteiger partial charge in [-0.2, -0.15) is 34.8 Å². The number of fused-ring (bicyclic) bond motifs is 1. The standard InChI is InChI=1S/C25H26N4O9S.2C2HF3O2/c26-22(27)16-4-3-15-11-17(6-5-14(15)10-16)38-25(33)21-8-7-18(37-21)12-29-9-1-2-20(29)23(30)28-19(24(31)32)13-39(34,35)36;2*3-2(4,5)1(6)7/h3-8,10-11,19-20H,1-2,9,12-13H2,(H3,26,27)(H,28,30)(H,31,32)(H,34,35,36);2*(H,6,7)/t19-,20?;;/m0../s1. The molecular weight excluding hydrogens is 758 g/mol. The molecule has 1 amide bonds. The third kappa shape index (κ3) is 14.1. The van der Waals surface area contributed by atoms with E-state index in [9.17, 15) is 54.3 Å². The molecule has 17 nitrogen and oxygen atoms in total. The number of nitrogens with zero attached hydrogens (tertiary/aromatic N) is 1. The lowest BCUT2D eigenvalue weighted by molar-refractivity contribution is -0.193. The molecular formula is C29H28F6N4O13S. The lowest BCUT2D eigenvalue weighted by Gasteiger charge is -2.24. The number of nitrogens with one attached hydrogen (secondary N) is 2. The van der Waals surface area contributed by atoms with E-state index < -0.39 is 70.1 Å². The van der Waals surface area contributed by atoms with Crippen LogP contribution in [0.5, 0.6) is 5.75 Å². The maximum atomic E-state index is 12.7. The Kier molecular flexibility index (Phi) is 14.5. The van der Waals surface area contributed by atoms with Crippen LogP contribution >= 0.6 is 0 Å². The molecule has 53 heavy (non-hydrogen) atoms. The number of amides is 1. The van der Waals surface area contributed by atoms with E-state index in [-0.39, 0.29) is 23.9 Å². The average Bonchev–Trinajstić information content (AvgIpc) is 3.69. The molecule has 1 saturated heterocycles. The lowest BCUT2D eigenvalue weighted by Crippen LogP contribution is -2.51. The highest BCUT2D eigenvalue weighted by Crippen LogP contribution is 2.25. The van der Waals surface area contributed by atoms with Gasteiger partial charge in [0.2, 0.25) is 11.7 Å². The Morgan fingerprint density at radius 1 is 0.943 bits per heavy atom. The highest BCUT2D eigenvalue weighted by Gasteiger charge is 2.39. The molecule has 4 rings (SSSR count). The number of amidine groups is 1. The second-order valence-electron chi connectivity index (χ2n) is 10.7. The molecule has 1 unspecified atom stereocenters. The highest BCUT2D eigenvalue weighted by atomic mass is 32.2. The molecule has 290 valence electrons. The number of hydrogen-bond donors (Lipinski definition) is 7. The van der Waals surface area contributed by atoms with Gasteiger partial charge in [-0.05, 0) is 60.5 Å². The Balaban J connectivity index is 0.000000587. The van der Waals surface area contributed by atoms with Gasteiger partial charge in [-0.1, -0.05) is 18.2 Å². The Morgan fingerprint density at radius 2 is 1.49 bits per heavy atom. The third-order valence-corrected chi connectivity index (χ3v) is 7.45. The van der Waals surface area contributed by atoms with Gasteiger partial charge in [-0.25, -0.2) is 19.2 Å². The Hall–Kier alpha value is -5.75. The summed E-state index contributed by atoms with van der Waals surface area (Å²) in [5.74, 6) is -9.14. The number of carbonyl (C=O) groups is 5. The molecule has 2 heterocycles. The van der Waals surface area contributed by atoms with Crippen molar-refractivity contribution in [3.8, 4) is 5.75 Å². The summed E-state index contributed by atoms with van der Waals surface area (Å²) in [7, 11) is -4.62. The van der Waals surface area contributed by atoms with Gasteiger partial charge in [0.05, 0.1) is 12.6 Å². The lowest BCUT2D eigenvalue weighted by atomic mass is 10.1. The normalized spacial score (nSPS) is 15.2. The predicted molar refractivity (Wildman–Crippen MR) is 165 cm³/mol. The molecule has 2 aromatic carbocycles. The monoisotopic (exact) mass is 786 g/mol. The van der Waals surface area contributed by atoms with Crippen LogP contribution < -0.4 is 15.8 Å². The maximum Gasteiger partial charge on any atom is 0.490 e. The summed E-state index contributed by atoms with van der Waals surface area (Å²) in [5, 5.41) is 34.8. The number of carboxylic acids is 3. The Morgan fingerprint density at radius 3 is 2.00 bits per heavy atom. The zero-order valence-electron chi connectivity index (χ0n) is 26.5. The largest absolute Gasteiger partial charge is 0.490 e. The highest BCUT2D eigenvalue weighted by molar-refractivity contribution is 7.85. The fourth-order valence-corrected chi connectivity index (χ4v) is 5.00. The van der Waals surface area contributed by atoms with Crippen LogP contribution in [0.25, 0.3) is 10.8 Å². The van der Waals surface area contributed by atoms with Crippen molar-refractivity contribution in [2.24, 2.45) is 5.73 Å². The molecule has 24 heteroatoms. The number of benzene rings is 2. The van der Waals surface area contributed by atoms with Crippen LogP contribution in [0.4, 0.5) is 26.3 Å². The van der Waals surface area contributed by atoms with Crippen molar-refractivity contribution in [1.29, 1.82) is 5.41 Å². The number of halogens is 6. The van der Waals surface area contributed by atoms with E-state index in [1.165, 1.54) is 6.07 Å². The van der Waals surface area contributed by atoms with Crippen LogP contribution in [-0.2, 0) is 35.8 Å². The van der Waals surface area contributed by atoms with Crippen LogP contribution in [0.1, 0.15) is 34.7 Å². The van der Waals surface area contributed by atoms with Gasteiger partial charge in [0.25, 0.3) is 10.1 Å². The fraction of sp³-hybridized carbons (Fsp3) is 0.310. The molecule has 0 aliphatic carbocycles. The van der Waals surface area contributed by atoms with Crippen molar-refractivity contribution in [3.05, 3.63) is 65.6 Å². The zero-order chi connectivity index (χ0) is 40.5. The molecule has 2 atom stereocenters. The number of carbonyl (C=O) groups excluding carboxylic acids is 2. The molecule has 3 aromatic rings. The number of nitrogens with two attached hydrogens (primary N) is 1. The van der Waals surface area contributed by atoms with Crippen molar-refractivity contribution >= 4 is 56.5 Å². The van der Waals surface area contributed by atoms with Crippen LogP contribution in [-0.4, -0.2) is 106 Å². The van der Waals surface area contributed by atoms with E-state index in [1.807, 2.05) is 0 Å². The molecule has 1 fully saturated rings. The van der Waals surface area contributed by atoms with Crippen molar-refractivity contribution in [2.45, 2.75) is 43.8 Å². The van der Waals surface area contributed by atoms with Crippen molar-refractivity contribution in [3.63, 3.8) is 0 Å². The van der Waals surface area contributed by atoms with Gasteiger partial charge in [-0.3, -0.25) is 19.7 Å². The minimum atomic E-state index is -5.08. The third-order valence-electron chi connectivity index (χ3n) is 6.70. The Bertz CT molecular complexity index is 1940. The first-order valence-corrected chi connectivity index (χ1v) is 15.9.